The molecule has 2 aromatic rings. The van der Waals surface area contributed by atoms with Crippen molar-refractivity contribution in [3.63, 3.8) is 0 Å². The van der Waals surface area contributed by atoms with Gasteiger partial charge in [-0.15, -0.1) is 0 Å². The van der Waals surface area contributed by atoms with E-state index in [0.717, 1.165) is 6.07 Å². The zero-order valence-electron chi connectivity index (χ0n) is 11.2. The van der Waals surface area contributed by atoms with Gasteiger partial charge >= 0.3 is 5.97 Å². The topological polar surface area (TPSA) is 114 Å². The minimum absolute atomic E-state index is 0.0717. The fourth-order valence-corrected chi connectivity index (χ4v) is 2.76. The molecule has 9 heteroatoms. The van der Waals surface area contributed by atoms with Gasteiger partial charge in [0.2, 0.25) is 5.95 Å². The smallest absolute Gasteiger partial charge is 0.352 e. The number of carbonyl (C=O) groups is 1. The minimum Gasteiger partial charge on any atom is -0.477 e. The summed E-state index contributed by atoms with van der Waals surface area (Å²) in [5.41, 5.74) is -0.0776. The molecule has 2 aromatic heterocycles. The van der Waals surface area contributed by atoms with Crippen molar-refractivity contribution >= 4 is 21.9 Å². The van der Waals surface area contributed by atoms with Gasteiger partial charge in [0.1, 0.15) is 10.6 Å². The van der Waals surface area contributed by atoms with Crippen LogP contribution in [0.15, 0.2) is 35.6 Å². The number of nitrogens with zero attached hydrogens (tertiary/aromatic N) is 3. The molecule has 2 N–H and O–H groups in total. The van der Waals surface area contributed by atoms with E-state index < -0.39 is 16.0 Å². The van der Waals surface area contributed by atoms with Crippen LogP contribution in [-0.4, -0.2) is 34.0 Å². The van der Waals surface area contributed by atoms with Crippen LogP contribution in [0.3, 0.4) is 0 Å². The third-order valence-corrected chi connectivity index (χ3v) is 3.95. The number of hydrogen-bond donors (Lipinski definition) is 2. The van der Waals surface area contributed by atoms with E-state index >= 15 is 0 Å². The number of nitrogens with one attached hydrogen (secondary N) is 1. The number of aromatic carboxylic acids is 1. The first-order chi connectivity index (χ1) is 9.94. The Morgan fingerprint density at radius 2 is 2.05 bits per heavy atom. The molecule has 2 heterocycles. The van der Waals surface area contributed by atoms with E-state index in [4.69, 9.17) is 5.11 Å². The SMILES string of the molecule is CCCn1cc(S(=O)(=O)Nc2ncccn2)cc1C(=O)O. The molecular formula is C12H14N4O4S. The number of aromatic nitrogens is 3. The molecule has 0 radical (unpaired) electrons. The van der Waals surface area contributed by atoms with Crippen LogP contribution in [0, 0.1) is 0 Å². The lowest BCUT2D eigenvalue weighted by molar-refractivity contribution is 0.0685. The maximum Gasteiger partial charge on any atom is 0.352 e. The summed E-state index contributed by atoms with van der Waals surface area (Å²) in [5.74, 6) is -1.25. The molecule has 0 atom stereocenters. The van der Waals surface area contributed by atoms with Crippen LogP contribution in [0.2, 0.25) is 0 Å². The average molecular weight is 310 g/mol. The molecule has 0 amide bonds. The van der Waals surface area contributed by atoms with Gasteiger partial charge in [-0.2, -0.15) is 0 Å². The summed E-state index contributed by atoms with van der Waals surface area (Å²) in [6.45, 7) is 2.29. The van der Waals surface area contributed by atoms with Gasteiger partial charge in [0, 0.05) is 25.1 Å². The van der Waals surface area contributed by atoms with Gasteiger partial charge in [0.25, 0.3) is 10.0 Å². The Bertz CT molecular complexity index is 740. The Labute approximate surface area is 121 Å². The lowest BCUT2D eigenvalue weighted by Gasteiger charge is -2.04. The maximum absolute atomic E-state index is 12.2. The summed E-state index contributed by atoms with van der Waals surface area (Å²) in [4.78, 5) is 18.5. The van der Waals surface area contributed by atoms with E-state index in [1.165, 1.54) is 23.2 Å². The van der Waals surface area contributed by atoms with Crippen molar-refractivity contribution < 1.29 is 18.3 Å². The van der Waals surface area contributed by atoms with E-state index in [2.05, 4.69) is 14.7 Å². The van der Waals surface area contributed by atoms with Gasteiger partial charge in [0.15, 0.2) is 0 Å². The van der Waals surface area contributed by atoms with Crippen LogP contribution in [0.25, 0.3) is 0 Å². The summed E-state index contributed by atoms with van der Waals surface area (Å²) in [6, 6.07) is 2.67. The van der Waals surface area contributed by atoms with Crippen molar-refractivity contribution in [2.24, 2.45) is 0 Å². The Morgan fingerprint density at radius 1 is 1.38 bits per heavy atom. The molecule has 0 saturated heterocycles. The monoisotopic (exact) mass is 310 g/mol. The van der Waals surface area contributed by atoms with E-state index in [1.807, 2.05) is 6.92 Å². The molecule has 0 spiro atoms. The number of anilines is 1. The number of carboxylic acid groups (broad SMARTS) is 1. The predicted molar refractivity (Wildman–Crippen MR) is 74.5 cm³/mol. The first-order valence-corrected chi connectivity index (χ1v) is 7.65. The van der Waals surface area contributed by atoms with Crippen LogP contribution in [0.5, 0.6) is 0 Å². The maximum atomic E-state index is 12.2. The third-order valence-electron chi connectivity index (χ3n) is 2.66. The number of aryl methyl sites for hydroxylation is 1. The molecular weight excluding hydrogens is 296 g/mol. The highest BCUT2D eigenvalue weighted by Gasteiger charge is 2.22. The van der Waals surface area contributed by atoms with Crippen LogP contribution >= 0.6 is 0 Å². The highest BCUT2D eigenvalue weighted by atomic mass is 32.2. The Kier molecular flexibility index (Phi) is 4.22. The molecule has 0 bridgehead atoms. The van der Waals surface area contributed by atoms with Crippen LogP contribution in [0.1, 0.15) is 23.8 Å². The van der Waals surface area contributed by atoms with Gasteiger partial charge in [-0.1, -0.05) is 6.92 Å². The molecule has 0 saturated carbocycles. The summed E-state index contributed by atoms with van der Waals surface area (Å²) in [7, 11) is -3.93. The largest absolute Gasteiger partial charge is 0.477 e. The summed E-state index contributed by atoms with van der Waals surface area (Å²) < 4.78 is 28.0. The number of hydrogen-bond acceptors (Lipinski definition) is 5. The quantitative estimate of drug-likeness (QED) is 0.828. The second-order valence-corrected chi connectivity index (χ2v) is 5.92. The number of rotatable bonds is 6. The highest BCUT2D eigenvalue weighted by molar-refractivity contribution is 7.92. The van der Waals surface area contributed by atoms with E-state index in [9.17, 15) is 13.2 Å². The third kappa shape index (κ3) is 3.37. The van der Waals surface area contributed by atoms with Gasteiger partial charge in [-0.3, -0.25) is 0 Å². The lowest BCUT2D eigenvalue weighted by Crippen LogP contribution is -2.14. The van der Waals surface area contributed by atoms with Crippen molar-refractivity contribution in [2.45, 2.75) is 24.8 Å². The average Bonchev–Trinajstić information content (AvgIpc) is 2.85. The second-order valence-electron chi connectivity index (χ2n) is 4.24. The normalized spacial score (nSPS) is 11.3. The van der Waals surface area contributed by atoms with Crippen molar-refractivity contribution in [3.05, 3.63) is 36.4 Å². The summed E-state index contributed by atoms with van der Waals surface area (Å²) in [6.07, 6.45) is 4.77. The van der Waals surface area contributed by atoms with Gasteiger partial charge in [-0.05, 0) is 18.6 Å². The molecule has 0 aromatic carbocycles. The van der Waals surface area contributed by atoms with Gasteiger partial charge in [0.05, 0.1) is 0 Å². The molecule has 0 aliphatic heterocycles. The summed E-state index contributed by atoms with van der Waals surface area (Å²) >= 11 is 0. The number of sulfonamides is 1. The van der Waals surface area contributed by atoms with Crippen molar-refractivity contribution in [2.75, 3.05) is 4.72 Å². The van der Waals surface area contributed by atoms with Crippen LogP contribution < -0.4 is 4.72 Å². The van der Waals surface area contributed by atoms with Crippen molar-refractivity contribution in [1.29, 1.82) is 0 Å². The molecule has 0 aliphatic carbocycles. The zero-order valence-corrected chi connectivity index (χ0v) is 12.0. The zero-order chi connectivity index (χ0) is 15.5. The molecule has 112 valence electrons. The standard InChI is InChI=1S/C12H14N4O4S/c1-2-6-16-8-9(7-10(16)11(17)18)21(19,20)15-12-13-4-3-5-14-12/h3-5,7-8H,2,6H2,1H3,(H,17,18)(H,13,14,15). The first kappa shape index (κ1) is 15.0. The van der Waals surface area contributed by atoms with E-state index in [0.29, 0.717) is 13.0 Å². The Morgan fingerprint density at radius 3 is 2.62 bits per heavy atom. The Hall–Kier alpha value is -2.42. The van der Waals surface area contributed by atoms with Crippen molar-refractivity contribution in [1.82, 2.24) is 14.5 Å². The van der Waals surface area contributed by atoms with Crippen LogP contribution in [0.4, 0.5) is 5.95 Å². The molecule has 0 fully saturated rings. The number of carboxylic acids is 1. The molecule has 0 unspecified atom stereocenters. The van der Waals surface area contributed by atoms with Gasteiger partial charge in [-0.25, -0.2) is 27.9 Å². The van der Waals surface area contributed by atoms with Crippen molar-refractivity contribution in [3.8, 4) is 0 Å². The molecule has 0 aliphatic rings. The fraction of sp³-hybridized carbons (Fsp3) is 0.250. The highest BCUT2D eigenvalue weighted by Crippen LogP contribution is 2.17. The second kappa shape index (κ2) is 5.92. The lowest BCUT2D eigenvalue weighted by atomic mass is 10.4. The molecule has 2 rings (SSSR count). The van der Waals surface area contributed by atoms with E-state index in [1.54, 1.807) is 6.07 Å². The molecule has 8 nitrogen and oxygen atoms in total. The van der Waals surface area contributed by atoms with Gasteiger partial charge < -0.3 is 9.67 Å². The Balaban J connectivity index is 2.36. The van der Waals surface area contributed by atoms with Crippen LogP contribution in [-0.2, 0) is 16.6 Å². The molecule has 21 heavy (non-hydrogen) atoms. The minimum atomic E-state index is -3.93. The predicted octanol–water partition coefficient (Wildman–Crippen LogP) is 1.19. The summed E-state index contributed by atoms with van der Waals surface area (Å²) in [5, 5.41) is 9.10. The van der Waals surface area contributed by atoms with E-state index in [-0.39, 0.29) is 16.5 Å². The fourth-order valence-electron chi connectivity index (χ4n) is 1.77. The first-order valence-electron chi connectivity index (χ1n) is 6.17.